The predicted octanol–water partition coefficient (Wildman–Crippen LogP) is 3.71. The Kier molecular flexibility index (Phi) is 6.17. The lowest BCUT2D eigenvalue weighted by molar-refractivity contribution is -0.157. The van der Waals surface area contributed by atoms with Gasteiger partial charge in [0.1, 0.15) is 5.82 Å². The summed E-state index contributed by atoms with van der Waals surface area (Å²) in [6.45, 7) is 3.55. The third kappa shape index (κ3) is 4.92. The van der Waals surface area contributed by atoms with E-state index in [1.54, 1.807) is 0 Å². The van der Waals surface area contributed by atoms with Gasteiger partial charge in [-0.3, -0.25) is 14.4 Å². The Morgan fingerprint density at radius 1 is 1.24 bits per heavy atom. The molecular formula is C21H20ClFN2O4. The van der Waals surface area contributed by atoms with Gasteiger partial charge in [0.25, 0.3) is 5.91 Å². The number of esters is 1. The Bertz CT molecular complexity index is 948. The number of carbonyl (C=O) groups excluding carboxylic acids is 3. The molecule has 1 aliphatic rings. The number of benzene rings is 2. The van der Waals surface area contributed by atoms with Crippen molar-refractivity contribution in [3.8, 4) is 0 Å². The molecule has 2 atom stereocenters. The maximum absolute atomic E-state index is 13.1. The SMILES string of the molecule is Cc1ccc(N2C[C@H](C(=O)O[C@@H](C)C(=O)Nc3ccc(F)cc3Cl)CC2=O)cc1. The van der Waals surface area contributed by atoms with Crippen LogP contribution in [-0.4, -0.2) is 30.4 Å². The van der Waals surface area contributed by atoms with Crippen molar-refractivity contribution in [2.75, 3.05) is 16.8 Å². The van der Waals surface area contributed by atoms with E-state index in [0.717, 1.165) is 17.7 Å². The Labute approximate surface area is 172 Å². The molecule has 0 bridgehead atoms. The third-order valence-corrected chi connectivity index (χ3v) is 4.97. The van der Waals surface area contributed by atoms with Crippen molar-refractivity contribution < 1.29 is 23.5 Å². The van der Waals surface area contributed by atoms with Crippen molar-refractivity contribution in [3.63, 3.8) is 0 Å². The lowest BCUT2D eigenvalue weighted by Gasteiger charge is -2.18. The predicted molar refractivity (Wildman–Crippen MR) is 107 cm³/mol. The molecule has 8 heteroatoms. The lowest BCUT2D eigenvalue weighted by atomic mass is 10.1. The number of ether oxygens (including phenoxy) is 1. The van der Waals surface area contributed by atoms with E-state index < -0.39 is 29.7 Å². The van der Waals surface area contributed by atoms with Crippen LogP contribution in [0.4, 0.5) is 15.8 Å². The molecule has 6 nitrogen and oxygen atoms in total. The van der Waals surface area contributed by atoms with Crippen LogP contribution >= 0.6 is 11.6 Å². The standard InChI is InChI=1S/C21H20ClFN2O4/c1-12-3-6-16(7-4-12)25-11-14(9-19(25)26)21(28)29-13(2)20(27)24-18-8-5-15(23)10-17(18)22/h3-8,10,13-14H,9,11H2,1-2H3,(H,24,27)/t13-,14+/m0/s1. The monoisotopic (exact) mass is 418 g/mol. The molecule has 1 fully saturated rings. The molecule has 2 aromatic rings. The van der Waals surface area contributed by atoms with Gasteiger partial charge in [0.2, 0.25) is 5.91 Å². The van der Waals surface area contributed by atoms with Crippen molar-refractivity contribution in [1.29, 1.82) is 0 Å². The van der Waals surface area contributed by atoms with Crippen LogP contribution in [0, 0.1) is 18.7 Å². The van der Waals surface area contributed by atoms with Crippen molar-refractivity contribution >= 4 is 40.8 Å². The van der Waals surface area contributed by atoms with Gasteiger partial charge in [-0.1, -0.05) is 29.3 Å². The van der Waals surface area contributed by atoms with E-state index in [1.165, 1.54) is 17.9 Å². The second-order valence-electron chi connectivity index (χ2n) is 6.93. The minimum atomic E-state index is -1.10. The van der Waals surface area contributed by atoms with Gasteiger partial charge >= 0.3 is 5.97 Å². The van der Waals surface area contributed by atoms with E-state index >= 15 is 0 Å². The first-order valence-corrected chi connectivity index (χ1v) is 9.46. The zero-order valence-corrected chi connectivity index (χ0v) is 16.7. The van der Waals surface area contributed by atoms with Crippen LogP contribution in [0.1, 0.15) is 18.9 Å². The summed E-state index contributed by atoms with van der Waals surface area (Å²) in [5.41, 5.74) is 1.99. The molecule has 1 heterocycles. The first-order valence-electron chi connectivity index (χ1n) is 9.08. The maximum Gasteiger partial charge on any atom is 0.312 e. The molecule has 2 aromatic carbocycles. The highest BCUT2D eigenvalue weighted by atomic mass is 35.5. The number of hydrogen-bond acceptors (Lipinski definition) is 4. The minimum Gasteiger partial charge on any atom is -0.452 e. The largest absolute Gasteiger partial charge is 0.452 e. The number of hydrogen-bond donors (Lipinski definition) is 1. The molecule has 1 N–H and O–H groups in total. The lowest BCUT2D eigenvalue weighted by Crippen LogP contribution is -2.33. The molecular weight excluding hydrogens is 399 g/mol. The van der Waals surface area contributed by atoms with E-state index in [1.807, 2.05) is 31.2 Å². The molecule has 0 unspecified atom stereocenters. The number of carbonyl (C=O) groups is 3. The second-order valence-corrected chi connectivity index (χ2v) is 7.34. The highest BCUT2D eigenvalue weighted by molar-refractivity contribution is 6.33. The quantitative estimate of drug-likeness (QED) is 0.751. The zero-order chi connectivity index (χ0) is 21.1. The number of rotatable bonds is 5. The topological polar surface area (TPSA) is 75.7 Å². The highest BCUT2D eigenvalue weighted by Crippen LogP contribution is 2.27. The molecule has 1 aliphatic heterocycles. The molecule has 0 aliphatic carbocycles. The Balaban J connectivity index is 1.58. The van der Waals surface area contributed by atoms with Crippen LogP contribution in [0.3, 0.4) is 0 Å². The third-order valence-electron chi connectivity index (χ3n) is 4.66. The fourth-order valence-corrected chi connectivity index (χ4v) is 3.20. The fourth-order valence-electron chi connectivity index (χ4n) is 2.99. The van der Waals surface area contributed by atoms with Crippen molar-refractivity contribution in [1.82, 2.24) is 0 Å². The minimum absolute atomic E-state index is 0.0187. The molecule has 0 spiro atoms. The summed E-state index contributed by atoms with van der Waals surface area (Å²) in [5.74, 6) is -2.59. The van der Waals surface area contributed by atoms with Gasteiger partial charge in [-0.2, -0.15) is 0 Å². The Morgan fingerprint density at radius 3 is 2.59 bits per heavy atom. The van der Waals surface area contributed by atoms with Gasteiger partial charge in [-0.25, -0.2) is 4.39 Å². The van der Waals surface area contributed by atoms with Crippen LogP contribution in [0.2, 0.25) is 5.02 Å². The molecule has 0 saturated carbocycles. The van der Waals surface area contributed by atoms with Crippen molar-refractivity contribution in [2.45, 2.75) is 26.4 Å². The molecule has 1 saturated heterocycles. The van der Waals surface area contributed by atoms with E-state index in [4.69, 9.17) is 16.3 Å². The summed E-state index contributed by atoms with van der Waals surface area (Å²) >= 11 is 5.88. The van der Waals surface area contributed by atoms with Crippen LogP contribution in [0.5, 0.6) is 0 Å². The van der Waals surface area contributed by atoms with Gasteiger partial charge in [0.15, 0.2) is 6.10 Å². The number of aryl methyl sites for hydroxylation is 1. The molecule has 2 amide bonds. The number of halogens is 2. The van der Waals surface area contributed by atoms with Gasteiger partial charge in [0.05, 0.1) is 16.6 Å². The molecule has 0 aromatic heterocycles. The summed E-state index contributed by atoms with van der Waals surface area (Å²) in [4.78, 5) is 38.5. The number of amides is 2. The maximum atomic E-state index is 13.1. The number of nitrogens with zero attached hydrogens (tertiary/aromatic N) is 1. The second kappa shape index (κ2) is 8.61. The van der Waals surface area contributed by atoms with Gasteiger partial charge < -0.3 is 15.0 Å². The van der Waals surface area contributed by atoms with Crippen LogP contribution in [0.25, 0.3) is 0 Å². The Hall–Kier alpha value is -2.93. The van der Waals surface area contributed by atoms with Gasteiger partial charge in [-0.15, -0.1) is 0 Å². The summed E-state index contributed by atoms with van der Waals surface area (Å²) in [7, 11) is 0. The molecule has 3 rings (SSSR count). The van der Waals surface area contributed by atoms with Crippen molar-refractivity contribution in [3.05, 3.63) is 58.9 Å². The number of anilines is 2. The van der Waals surface area contributed by atoms with Gasteiger partial charge in [-0.05, 0) is 44.2 Å². The normalized spacial score (nSPS) is 17.2. The van der Waals surface area contributed by atoms with Crippen LogP contribution in [-0.2, 0) is 19.1 Å². The first-order chi connectivity index (χ1) is 13.7. The highest BCUT2D eigenvalue weighted by Gasteiger charge is 2.37. The van der Waals surface area contributed by atoms with E-state index in [-0.39, 0.29) is 29.6 Å². The van der Waals surface area contributed by atoms with E-state index in [0.29, 0.717) is 5.69 Å². The van der Waals surface area contributed by atoms with E-state index in [2.05, 4.69) is 5.32 Å². The van der Waals surface area contributed by atoms with E-state index in [9.17, 15) is 18.8 Å². The fraction of sp³-hybridized carbons (Fsp3) is 0.286. The van der Waals surface area contributed by atoms with Gasteiger partial charge in [0, 0.05) is 18.7 Å². The summed E-state index contributed by atoms with van der Waals surface area (Å²) < 4.78 is 18.3. The summed E-state index contributed by atoms with van der Waals surface area (Å²) in [5, 5.41) is 2.52. The average Bonchev–Trinajstić information content (AvgIpc) is 3.06. The first kappa shape index (κ1) is 20.8. The van der Waals surface area contributed by atoms with Crippen LogP contribution < -0.4 is 10.2 Å². The average molecular weight is 419 g/mol. The zero-order valence-electron chi connectivity index (χ0n) is 15.9. The summed E-state index contributed by atoms with van der Waals surface area (Å²) in [6, 6.07) is 11.0. The smallest absolute Gasteiger partial charge is 0.312 e. The summed E-state index contributed by atoms with van der Waals surface area (Å²) in [6.07, 6.45) is -1.09. The van der Waals surface area contributed by atoms with Crippen LogP contribution in [0.15, 0.2) is 42.5 Å². The molecule has 152 valence electrons. The molecule has 0 radical (unpaired) electrons. The number of nitrogens with one attached hydrogen (secondary N) is 1. The molecule has 29 heavy (non-hydrogen) atoms. The Morgan fingerprint density at radius 2 is 1.93 bits per heavy atom. The van der Waals surface area contributed by atoms with Crippen molar-refractivity contribution in [2.24, 2.45) is 5.92 Å².